The maximum atomic E-state index is 14.2. The van der Waals surface area contributed by atoms with Crippen LogP contribution in [0.15, 0.2) is 0 Å². The van der Waals surface area contributed by atoms with Crippen LogP contribution in [-0.4, -0.2) is 58.5 Å². The van der Waals surface area contributed by atoms with Crippen molar-refractivity contribution >= 4 is 29.4 Å². The molecule has 0 aromatic heterocycles. The van der Waals surface area contributed by atoms with Crippen LogP contribution >= 0.6 is 0 Å². The summed E-state index contributed by atoms with van der Waals surface area (Å²) in [5, 5.41) is 5.74. The van der Waals surface area contributed by atoms with E-state index in [0.29, 0.717) is 37.1 Å². The molecule has 2 aliphatic carbocycles. The number of amides is 4. The van der Waals surface area contributed by atoms with Gasteiger partial charge in [-0.1, -0.05) is 53.9 Å². The van der Waals surface area contributed by atoms with Crippen molar-refractivity contribution in [2.75, 3.05) is 6.54 Å². The minimum Gasteiger partial charge on any atom is -0.363 e. The van der Waals surface area contributed by atoms with Crippen LogP contribution in [0.25, 0.3) is 0 Å². The second-order valence-corrected chi connectivity index (χ2v) is 14.9. The molecule has 1 saturated heterocycles. The fourth-order valence-corrected chi connectivity index (χ4v) is 6.58. The van der Waals surface area contributed by atoms with Gasteiger partial charge in [-0.05, 0) is 68.6 Å². The zero-order chi connectivity index (χ0) is 29.5. The SMILES string of the molecule is CC(C)[C@@H]1C[C@]12C[C@@H](C(=O)CC(CC1CCC1)C(=O)C(N)=O)N(C(=O)[C@@H](NC(=O)NC(C)(C)C)C(C)(C)C)C2. The number of primary amides is 1. The third-order valence-corrected chi connectivity index (χ3v) is 8.95. The number of carbonyl (C=O) groups excluding carboxylic acids is 5. The number of nitrogens with zero attached hydrogens (tertiary/aromatic N) is 1. The van der Waals surface area contributed by atoms with Crippen molar-refractivity contribution in [1.29, 1.82) is 0 Å². The summed E-state index contributed by atoms with van der Waals surface area (Å²) < 4.78 is 0. The number of hydrogen-bond donors (Lipinski definition) is 3. The minimum absolute atomic E-state index is 0.0900. The number of urea groups is 1. The van der Waals surface area contributed by atoms with E-state index >= 15 is 0 Å². The number of ketones is 2. The Morgan fingerprint density at radius 3 is 2.05 bits per heavy atom. The maximum Gasteiger partial charge on any atom is 0.315 e. The first-order chi connectivity index (χ1) is 17.8. The van der Waals surface area contributed by atoms with Crippen LogP contribution in [0.5, 0.6) is 0 Å². The van der Waals surface area contributed by atoms with Crippen LogP contribution < -0.4 is 16.4 Å². The Bertz CT molecular complexity index is 990. The zero-order valence-electron chi connectivity index (χ0n) is 25.2. The van der Waals surface area contributed by atoms with E-state index in [0.717, 1.165) is 25.7 Å². The molecule has 5 atom stereocenters. The molecule has 220 valence electrons. The lowest BCUT2D eigenvalue weighted by atomic mass is 9.76. The summed E-state index contributed by atoms with van der Waals surface area (Å²) in [7, 11) is 0. The average Bonchev–Trinajstić information content (AvgIpc) is 3.32. The molecule has 4 N–H and O–H groups in total. The molecule has 0 bridgehead atoms. The van der Waals surface area contributed by atoms with E-state index in [4.69, 9.17) is 5.73 Å². The molecule has 3 aliphatic rings. The van der Waals surface area contributed by atoms with Gasteiger partial charge in [-0.15, -0.1) is 0 Å². The van der Waals surface area contributed by atoms with Crippen LogP contribution in [0.2, 0.25) is 0 Å². The lowest BCUT2D eigenvalue weighted by molar-refractivity contribution is -0.143. The lowest BCUT2D eigenvalue weighted by Crippen LogP contribution is -2.60. The first-order valence-electron chi connectivity index (χ1n) is 14.6. The van der Waals surface area contributed by atoms with Gasteiger partial charge in [0.2, 0.25) is 11.7 Å². The van der Waals surface area contributed by atoms with Crippen molar-refractivity contribution in [3.8, 4) is 0 Å². The molecule has 1 spiro atoms. The van der Waals surface area contributed by atoms with Crippen LogP contribution in [0.3, 0.4) is 0 Å². The van der Waals surface area contributed by atoms with Crippen molar-refractivity contribution in [3.63, 3.8) is 0 Å². The zero-order valence-corrected chi connectivity index (χ0v) is 25.2. The Hall–Kier alpha value is -2.45. The maximum absolute atomic E-state index is 14.2. The van der Waals surface area contributed by atoms with Crippen molar-refractivity contribution in [2.45, 2.75) is 118 Å². The van der Waals surface area contributed by atoms with Gasteiger partial charge in [0.15, 0.2) is 5.78 Å². The van der Waals surface area contributed by atoms with Crippen LogP contribution in [0.1, 0.15) is 100 Å². The second kappa shape index (κ2) is 11.2. The molecule has 9 heteroatoms. The van der Waals surface area contributed by atoms with Crippen LogP contribution in [-0.2, 0) is 19.2 Å². The molecular weight excluding hydrogens is 496 g/mol. The number of nitrogens with two attached hydrogens (primary N) is 1. The van der Waals surface area contributed by atoms with Gasteiger partial charge < -0.3 is 21.3 Å². The van der Waals surface area contributed by atoms with Crippen LogP contribution in [0, 0.1) is 34.5 Å². The summed E-state index contributed by atoms with van der Waals surface area (Å²) in [5.74, 6) is -1.77. The second-order valence-electron chi connectivity index (χ2n) is 14.9. The first kappa shape index (κ1) is 31.1. The summed E-state index contributed by atoms with van der Waals surface area (Å²) in [6, 6.07) is -1.98. The monoisotopic (exact) mass is 546 g/mol. The summed E-state index contributed by atoms with van der Waals surface area (Å²) in [5.41, 5.74) is 4.14. The van der Waals surface area contributed by atoms with E-state index < -0.39 is 46.7 Å². The summed E-state index contributed by atoms with van der Waals surface area (Å²) >= 11 is 0. The highest BCUT2D eigenvalue weighted by atomic mass is 16.2. The molecule has 1 unspecified atom stereocenters. The molecule has 4 amide bonds. The number of rotatable bonds is 10. The number of likely N-dealkylation sites (tertiary alicyclic amines) is 1. The Morgan fingerprint density at radius 1 is 1.00 bits per heavy atom. The lowest BCUT2D eigenvalue weighted by Gasteiger charge is -2.36. The molecule has 1 heterocycles. The minimum atomic E-state index is -1.01. The van der Waals surface area contributed by atoms with Crippen LogP contribution in [0.4, 0.5) is 4.79 Å². The highest BCUT2D eigenvalue weighted by Gasteiger charge is 2.63. The topological polar surface area (TPSA) is 139 Å². The van der Waals surface area contributed by atoms with Gasteiger partial charge >= 0.3 is 6.03 Å². The van der Waals surface area contributed by atoms with E-state index in [2.05, 4.69) is 24.5 Å². The number of carbonyl (C=O) groups is 5. The molecular formula is C30H50N4O5. The predicted molar refractivity (Wildman–Crippen MR) is 149 cm³/mol. The number of hydrogen-bond acceptors (Lipinski definition) is 5. The van der Waals surface area contributed by atoms with Gasteiger partial charge in [0.25, 0.3) is 5.91 Å². The largest absolute Gasteiger partial charge is 0.363 e. The Labute approximate surface area is 233 Å². The molecule has 3 rings (SSSR count). The fraction of sp³-hybridized carbons (Fsp3) is 0.833. The van der Waals surface area contributed by atoms with Gasteiger partial charge in [-0.3, -0.25) is 19.2 Å². The van der Waals surface area contributed by atoms with Crippen molar-refractivity contribution in [3.05, 3.63) is 0 Å². The summed E-state index contributed by atoms with van der Waals surface area (Å²) in [4.78, 5) is 67.0. The standard InChI is InChI=1S/C30H50N4O5/c1-17(2)20-14-30(20)15-21(22(35)13-19(23(36)25(31)37)12-18-10-9-11-18)34(16-30)26(38)24(28(3,4)5)32-27(39)33-29(6,7)8/h17-21,24H,9-16H2,1-8H3,(H2,31,37)(H2,32,33,39)/t19?,20-,21-,24+,30+/m0/s1. The quantitative estimate of drug-likeness (QED) is 0.360. The Morgan fingerprint density at radius 2 is 1.62 bits per heavy atom. The molecule has 1 aliphatic heterocycles. The average molecular weight is 547 g/mol. The van der Waals surface area contributed by atoms with E-state index in [1.165, 1.54) is 0 Å². The van der Waals surface area contributed by atoms with Gasteiger partial charge in [0.1, 0.15) is 6.04 Å². The molecule has 39 heavy (non-hydrogen) atoms. The fourth-order valence-electron chi connectivity index (χ4n) is 6.58. The van der Waals surface area contributed by atoms with E-state index in [-0.39, 0.29) is 23.5 Å². The predicted octanol–water partition coefficient (Wildman–Crippen LogP) is 3.58. The first-order valence-corrected chi connectivity index (χ1v) is 14.6. The highest BCUT2D eigenvalue weighted by Crippen LogP contribution is 2.63. The molecule has 0 aromatic rings. The molecule has 0 radical (unpaired) electrons. The van der Waals surface area contributed by atoms with Crippen molar-refractivity contribution in [1.82, 2.24) is 15.5 Å². The normalized spacial score (nSPS) is 26.6. The van der Waals surface area contributed by atoms with E-state index in [1.54, 1.807) is 4.90 Å². The number of Topliss-reactive ketones (excluding diaryl/α,β-unsaturated/α-hetero) is 2. The Balaban J connectivity index is 1.87. The van der Waals surface area contributed by atoms with Gasteiger partial charge in [-0.25, -0.2) is 4.79 Å². The molecule has 3 fully saturated rings. The number of nitrogens with one attached hydrogen (secondary N) is 2. The molecule has 2 saturated carbocycles. The van der Waals surface area contributed by atoms with Gasteiger partial charge in [0.05, 0.1) is 6.04 Å². The van der Waals surface area contributed by atoms with Crippen molar-refractivity contribution < 1.29 is 24.0 Å². The Kier molecular flexibility index (Phi) is 8.93. The van der Waals surface area contributed by atoms with E-state index in [1.807, 2.05) is 41.5 Å². The van der Waals surface area contributed by atoms with Crippen molar-refractivity contribution in [2.24, 2.45) is 40.2 Å². The highest BCUT2D eigenvalue weighted by molar-refractivity contribution is 6.36. The van der Waals surface area contributed by atoms with Gasteiger partial charge in [-0.2, -0.15) is 0 Å². The van der Waals surface area contributed by atoms with E-state index in [9.17, 15) is 24.0 Å². The third-order valence-electron chi connectivity index (χ3n) is 8.95. The third kappa shape index (κ3) is 7.40. The van der Waals surface area contributed by atoms with Gasteiger partial charge in [0, 0.05) is 24.4 Å². The summed E-state index contributed by atoms with van der Waals surface area (Å²) in [6.45, 7) is 16.1. The smallest absolute Gasteiger partial charge is 0.315 e. The molecule has 0 aromatic carbocycles. The summed E-state index contributed by atoms with van der Waals surface area (Å²) in [6.07, 6.45) is 4.94. The molecule has 9 nitrogen and oxygen atoms in total.